The molecule has 2 aromatic heterocycles. The van der Waals surface area contributed by atoms with Crippen LogP contribution in [0.15, 0.2) is 83.9 Å². The Morgan fingerprint density at radius 2 is 1.70 bits per heavy atom. The topological polar surface area (TPSA) is 72.7 Å². The van der Waals surface area contributed by atoms with Crippen LogP contribution in [0, 0.1) is 6.92 Å². The second kappa shape index (κ2) is 10.7. The molecule has 0 aliphatic heterocycles. The minimum atomic E-state index is -0.426. The Morgan fingerprint density at radius 3 is 2.41 bits per heavy atom. The number of benzene rings is 3. The normalized spacial score (nSPS) is 12.0. The van der Waals surface area contributed by atoms with E-state index in [-0.39, 0.29) is 5.91 Å². The predicted molar refractivity (Wildman–Crippen MR) is 152 cm³/mol. The molecular formula is C29H26ClN5OS. The fourth-order valence-electron chi connectivity index (χ4n) is 4.05. The summed E-state index contributed by atoms with van der Waals surface area (Å²) in [7, 11) is 0. The van der Waals surface area contributed by atoms with Crippen molar-refractivity contribution >= 4 is 46.0 Å². The fourth-order valence-corrected chi connectivity index (χ4v) is 5.19. The smallest absolute Gasteiger partial charge is 0.237 e. The summed E-state index contributed by atoms with van der Waals surface area (Å²) in [4.78, 5) is 23.1. The largest absolute Gasteiger partial charge is 0.325 e. The quantitative estimate of drug-likeness (QED) is 0.180. The molecule has 6 nitrogen and oxygen atoms in total. The van der Waals surface area contributed by atoms with Crippen LogP contribution in [-0.2, 0) is 11.2 Å². The molecule has 1 atom stereocenters. The second-order valence-electron chi connectivity index (χ2n) is 8.63. The third-order valence-corrected chi connectivity index (χ3v) is 7.61. The van der Waals surface area contributed by atoms with Gasteiger partial charge in [0.25, 0.3) is 0 Å². The number of carbonyl (C=O) groups is 1. The standard InChI is InChI=1S/C29H26ClN5OS/c1-4-23-25-27(35(34-23)21-14-9-6-10-15-21)32-26(20-12-7-5-8-13-20)33-29(25)37-19(3)28(36)31-24-17-11-16-22(30)18(24)2/h5-17,19H,4H2,1-3H3,(H,31,36)/t19-/m1/s1. The van der Waals surface area contributed by atoms with Crippen LogP contribution in [0.2, 0.25) is 5.02 Å². The maximum atomic E-state index is 13.2. The van der Waals surface area contributed by atoms with Crippen molar-refractivity contribution in [2.24, 2.45) is 0 Å². The van der Waals surface area contributed by atoms with Gasteiger partial charge in [-0.3, -0.25) is 4.79 Å². The number of fused-ring (bicyclic) bond motifs is 1. The summed E-state index contributed by atoms with van der Waals surface area (Å²) in [6, 6.07) is 25.3. The van der Waals surface area contributed by atoms with Crippen molar-refractivity contribution in [1.29, 1.82) is 0 Å². The van der Waals surface area contributed by atoms with Gasteiger partial charge in [0.1, 0.15) is 5.03 Å². The first-order valence-corrected chi connectivity index (χ1v) is 13.3. The summed E-state index contributed by atoms with van der Waals surface area (Å²) in [5.41, 5.74) is 4.97. The lowest BCUT2D eigenvalue weighted by Crippen LogP contribution is -2.23. The Labute approximate surface area is 225 Å². The first-order chi connectivity index (χ1) is 18.0. The van der Waals surface area contributed by atoms with Gasteiger partial charge >= 0.3 is 0 Å². The molecule has 0 saturated carbocycles. The number of anilines is 1. The Bertz CT molecular complexity index is 1570. The molecule has 0 saturated heterocycles. The number of hydrogen-bond acceptors (Lipinski definition) is 5. The van der Waals surface area contributed by atoms with Crippen LogP contribution in [0.25, 0.3) is 28.1 Å². The lowest BCUT2D eigenvalue weighted by molar-refractivity contribution is -0.115. The summed E-state index contributed by atoms with van der Waals surface area (Å²) < 4.78 is 1.87. The minimum absolute atomic E-state index is 0.128. The van der Waals surface area contributed by atoms with Crippen molar-refractivity contribution in [3.63, 3.8) is 0 Å². The molecule has 5 rings (SSSR count). The van der Waals surface area contributed by atoms with Gasteiger partial charge in [0.2, 0.25) is 5.91 Å². The van der Waals surface area contributed by atoms with E-state index in [1.165, 1.54) is 11.8 Å². The number of amides is 1. The number of thioether (sulfide) groups is 1. The molecule has 0 radical (unpaired) electrons. The lowest BCUT2D eigenvalue weighted by Gasteiger charge is -2.15. The van der Waals surface area contributed by atoms with Gasteiger partial charge in [0.15, 0.2) is 11.5 Å². The van der Waals surface area contributed by atoms with E-state index in [4.69, 9.17) is 26.7 Å². The second-order valence-corrected chi connectivity index (χ2v) is 10.4. The summed E-state index contributed by atoms with van der Waals surface area (Å²) in [5.74, 6) is 0.463. The van der Waals surface area contributed by atoms with Crippen LogP contribution in [0.3, 0.4) is 0 Å². The Balaban J connectivity index is 1.59. The molecule has 37 heavy (non-hydrogen) atoms. The van der Waals surface area contributed by atoms with Gasteiger partial charge in [0, 0.05) is 16.3 Å². The highest BCUT2D eigenvalue weighted by Gasteiger charge is 2.24. The number of aromatic nitrogens is 4. The molecule has 5 aromatic rings. The van der Waals surface area contributed by atoms with Crippen LogP contribution >= 0.6 is 23.4 Å². The molecule has 2 heterocycles. The van der Waals surface area contributed by atoms with Crippen molar-refractivity contribution in [3.05, 3.63) is 95.1 Å². The van der Waals surface area contributed by atoms with Gasteiger partial charge in [0.05, 0.1) is 22.0 Å². The summed E-state index contributed by atoms with van der Waals surface area (Å²) in [5, 5.41) is 9.71. The van der Waals surface area contributed by atoms with E-state index in [0.29, 0.717) is 23.0 Å². The molecule has 0 fully saturated rings. The molecular weight excluding hydrogens is 502 g/mol. The van der Waals surface area contributed by atoms with Crippen LogP contribution < -0.4 is 5.32 Å². The number of nitrogens with zero attached hydrogens (tertiary/aromatic N) is 4. The van der Waals surface area contributed by atoms with Gasteiger partial charge in [-0.2, -0.15) is 5.10 Å². The zero-order valence-electron chi connectivity index (χ0n) is 20.8. The first kappa shape index (κ1) is 25.0. The SMILES string of the molecule is CCc1nn(-c2ccccc2)c2nc(-c3ccccc3)nc(S[C@H](C)C(=O)Nc3cccc(Cl)c3C)c12. The van der Waals surface area contributed by atoms with E-state index in [1.807, 2.05) is 97.4 Å². The number of halogens is 1. The summed E-state index contributed by atoms with van der Waals surface area (Å²) in [6.07, 6.45) is 0.709. The molecule has 0 spiro atoms. The molecule has 0 aliphatic rings. The molecule has 1 N–H and O–H groups in total. The van der Waals surface area contributed by atoms with E-state index in [9.17, 15) is 4.79 Å². The zero-order chi connectivity index (χ0) is 25.9. The molecule has 0 unspecified atom stereocenters. The number of rotatable bonds is 7. The van der Waals surface area contributed by atoms with Crippen LogP contribution in [0.1, 0.15) is 25.1 Å². The highest BCUT2D eigenvalue weighted by atomic mass is 35.5. The minimum Gasteiger partial charge on any atom is -0.325 e. The van der Waals surface area contributed by atoms with Crippen LogP contribution in [-0.4, -0.2) is 30.9 Å². The van der Waals surface area contributed by atoms with Crippen LogP contribution in [0.4, 0.5) is 5.69 Å². The van der Waals surface area contributed by atoms with Gasteiger partial charge in [-0.1, -0.05) is 84.9 Å². The highest BCUT2D eigenvalue weighted by Crippen LogP contribution is 2.35. The van der Waals surface area contributed by atoms with Gasteiger partial charge in [-0.05, 0) is 50.1 Å². The average Bonchev–Trinajstić information content (AvgIpc) is 3.31. The van der Waals surface area contributed by atoms with Crippen molar-refractivity contribution in [1.82, 2.24) is 19.7 Å². The van der Waals surface area contributed by atoms with Gasteiger partial charge in [-0.25, -0.2) is 14.6 Å². The van der Waals surface area contributed by atoms with E-state index < -0.39 is 5.25 Å². The van der Waals surface area contributed by atoms with Crippen molar-refractivity contribution in [3.8, 4) is 17.1 Å². The fraction of sp³-hybridized carbons (Fsp3) is 0.172. The van der Waals surface area contributed by atoms with Crippen molar-refractivity contribution in [2.75, 3.05) is 5.32 Å². The molecule has 1 amide bonds. The third kappa shape index (κ3) is 5.10. The molecule has 186 valence electrons. The van der Waals surface area contributed by atoms with Gasteiger partial charge in [-0.15, -0.1) is 0 Å². The average molecular weight is 528 g/mol. The number of aryl methyl sites for hydroxylation is 1. The summed E-state index contributed by atoms with van der Waals surface area (Å²) in [6.45, 7) is 5.83. The number of hydrogen-bond donors (Lipinski definition) is 1. The Hall–Kier alpha value is -3.68. The highest BCUT2D eigenvalue weighted by molar-refractivity contribution is 8.00. The number of carbonyl (C=O) groups excluding carboxylic acids is 1. The monoisotopic (exact) mass is 527 g/mol. The summed E-state index contributed by atoms with van der Waals surface area (Å²) >= 11 is 7.66. The molecule has 0 bridgehead atoms. The molecule has 0 aliphatic carbocycles. The zero-order valence-corrected chi connectivity index (χ0v) is 22.3. The Morgan fingerprint density at radius 1 is 1.00 bits per heavy atom. The maximum absolute atomic E-state index is 13.2. The van der Waals surface area contributed by atoms with Crippen LogP contribution in [0.5, 0.6) is 0 Å². The lowest BCUT2D eigenvalue weighted by atomic mass is 10.2. The van der Waals surface area contributed by atoms with E-state index in [1.54, 1.807) is 0 Å². The Kier molecular flexibility index (Phi) is 7.26. The number of para-hydroxylation sites is 1. The van der Waals surface area contributed by atoms with Crippen molar-refractivity contribution < 1.29 is 4.79 Å². The van der Waals surface area contributed by atoms with E-state index in [0.717, 1.165) is 38.6 Å². The van der Waals surface area contributed by atoms with Crippen molar-refractivity contribution in [2.45, 2.75) is 37.5 Å². The van der Waals surface area contributed by atoms with Gasteiger partial charge < -0.3 is 5.32 Å². The van der Waals surface area contributed by atoms with E-state index in [2.05, 4.69) is 12.2 Å². The first-order valence-electron chi connectivity index (χ1n) is 12.1. The number of nitrogens with one attached hydrogen (secondary N) is 1. The predicted octanol–water partition coefficient (Wildman–Crippen LogP) is 7.13. The molecule has 3 aromatic carbocycles. The maximum Gasteiger partial charge on any atom is 0.237 e. The third-order valence-electron chi connectivity index (χ3n) is 6.12. The van der Waals surface area contributed by atoms with E-state index >= 15 is 0 Å². The molecule has 8 heteroatoms.